The molecule has 0 radical (unpaired) electrons. The summed E-state index contributed by atoms with van der Waals surface area (Å²) in [4.78, 5) is 18.9. The van der Waals surface area contributed by atoms with E-state index in [1.165, 1.54) is 5.69 Å². The van der Waals surface area contributed by atoms with Gasteiger partial charge in [-0.25, -0.2) is 0 Å². The maximum Gasteiger partial charge on any atom is 0.223 e. The van der Waals surface area contributed by atoms with Crippen LogP contribution in [0.2, 0.25) is 0 Å². The van der Waals surface area contributed by atoms with Gasteiger partial charge in [0.2, 0.25) is 5.91 Å². The molecule has 140 valence electrons. The van der Waals surface area contributed by atoms with E-state index in [1.807, 2.05) is 11.9 Å². The minimum absolute atomic E-state index is 0.168. The molecule has 0 saturated carbocycles. The Morgan fingerprint density at radius 2 is 1.80 bits per heavy atom. The van der Waals surface area contributed by atoms with Gasteiger partial charge < -0.3 is 15.5 Å². The number of para-hydroxylation sites is 1. The van der Waals surface area contributed by atoms with Crippen molar-refractivity contribution in [1.82, 2.24) is 9.80 Å². The normalized spacial score (nSPS) is 16.9. The highest BCUT2D eigenvalue weighted by Gasteiger charge is 2.19. The number of rotatable bonds is 8. The van der Waals surface area contributed by atoms with Gasteiger partial charge in [-0.1, -0.05) is 32.0 Å². The molecule has 1 fully saturated rings. The quantitative estimate of drug-likeness (QED) is 0.782. The highest BCUT2D eigenvalue weighted by Crippen LogP contribution is 2.15. The highest BCUT2D eigenvalue weighted by molar-refractivity contribution is 5.76. The van der Waals surface area contributed by atoms with Gasteiger partial charge in [0, 0.05) is 64.5 Å². The van der Waals surface area contributed by atoms with Crippen molar-refractivity contribution >= 4 is 11.6 Å². The number of carbonyl (C=O) groups is 1. The third kappa shape index (κ3) is 6.33. The number of benzene rings is 1. The summed E-state index contributed by atoms with van der Waals surface area (Å²) < 4.78 is 0. The van der Waals surface area contributed by atoms with Crippen molar-refractivity contribution in [2.75, 3.05) is 51.2 Å². The molecule has 1 heterocycles. The zero-order chi connectivity index (χ0) is 18.2. The summed E-state index contributed by atoms with van der Waals surface area (Å²) >= 11 is 0. The molecule has 1 unspecified atom stereocenters. The first-order valence-corrected chi connectivity index (χ1v) is 9.49. The molecule has 1 amide bonds. The van der Waals surface area contributed by atoms with E-state index in [9.17, 15) is 4.79 Å². The van der Waals surface area contributed by atoms with E-state index < -0.39 is 0 Å². The predicted molar refractivity (Wildman–Crippen MR) is 105 cm³/mol. The Balaban J connectivity index is 1.66. The maximum absolute atomic E-state index is 12.3. The number of amides is 1. The number of nitrogens with zero attached hydrogens (tertiary/aromatic N) is 3. The lowest BCUT2D eigenvalue weighted by Gasteiger charge is -2.36. The number of carbonyl (C=O) groups excluding carboxylic acids is 1. The summed E-state index contributed by atoms with van der Waals surface area (Å²) in [6, 6.07) is 10.7. The standard InChI is InChI=1S/C20H34N4O/c1-17(2)19(21)9-11-22(3)20(25)10-12-23-13-15-24(16-14-23)18-7-5-4-6-8-18/h4-8,17,19H,9-16,21H2,1-3H3. The van der Waals surface area contributed by atoms with Crippen LogP contribution in [0.5, 0.6) is 0 Å². The van der Waals surface area contributed by atoms with Crippen LogP contribution in [0.25, 0.3) is 0 Å². The van der Waals surface area contributed by atoms with E-state index >= 15 is 0 Å². The number of hydrogen-bond acceptors (Lipinski definition) is 4. The molecule has 1 saturated heterocycles. The van der Waals surface area contributed by atoms with Crippen LogP contribution >= 0.6 is 0 Å². The maximum atomic E-state index is 12.3. The first-order chi connectivity index (χ1) is 12.0. The first kappa shape index (κ1) is 19.7. The molecule has 1 aliphatic heterocycles. The minimum atomic E-state index is 0.168. The van der Waals surface area contributed by atoms with Crippen LogP contribution in [0, 0.1) is 5.92 Å². The summed E-state index contributed by atoms with van der Waals surface area (Å²) in [6.07, 6.45) is 1.47. The highest BCUT2D eigenvalue weighted by atomic mass is 16.2. The Bertz CT molecular complexity index is 512. The number of hydrogen-bond donors (Lipinski definition) is 1. The molecule has 2 rings (SSSR count). The Labute approximate surface area is 152 Å². The zero-order valence-corrected chi connectivity index (χ0v) is 16.0. The third-order valence-corrected chi connectivity index (χ3v) is 5.22. The van der Waals surface area contributed by atoms with Crippen molar-refractivity contribution in [3.8, 4) is 0 Å². The largest absolute Gasteiger partial charge is 0.369 e. The second kappa shape index (κ2) is 9.78. The van der Waals surface area contributed by atoms with Gasteiger partial charge in [-0.15, -0.1) is 0 Å². The fraction of sp³-hybridized carbons (Fsp3) is 0.650. The van der Waals surface area contributed by atoms with E-state index in [0.29, 0.717) is 12.3 Å². The van der Waals surface area contributed by atoms with E-state index in [1.54, 1.807) is 0 Å². The van der Waals surface area contributed by atoms with Crippen molar-refractivity contribution < 1.29 is 4.79 Å². The van der Waals surface area contributed by atoms with Crippen molar-refractivity contribution in [1.29, 1.82) is 0 Å². The average Bonchev–Trinajstić information content (AvgIpc) is 2.64. The van der Waals surface area contributed by atoms with Gasteiger partial charge in [-0.3, -0.25) is 9.69 Å². The zero-order valence-electron chi connectivity index (χ0n) is 16.0. The summed E-state index contributed by atoms with van der Waals surface area (Å²) in [7, 11) is 1.89. The monoisotopic (exact) mass is 346 g/mol. The van der Waals surface area contributed by atoms with Gasteiger partial charge in [-0.2, -0.15) is 0 Å². The molecular formula is C20H34N4O. The number of piperazine rings is 1. The summed E-state index contributed by atoms with van der Waals surface area (Å²) in [5, 5.41) is 0. The van der Waals surface area contributed by atoms with Gasteiger partial charge in [-0.05, 0) is 24.5 Å². The molecule has 1 aliphatic rings. The number of anilines is 1. The predicted octanol–water partition coefficient (Wildman–Crippen LogP) is 2.03. The lowest BCUT2D eigenvalue weighted by atomic mass is 10.0. The molecule has 0 aliphatic carbocycles. The van der Waals surface area contributed by atoms with Crippen LogP contribution in [0.1, 0.15) is 26.7 Å². The summed E-state index contributed by atoms with van der Waals surface area (Å²) in [6.45, 7) is 9.94. The fourth-order valence-corrected chi connectivity index (χ4v) is 3.11. The van der Waals surface area contributed by atoms with Crippen LogP contribution in [0.3, 0.4) is 0 Å². The van der Waals surface area contributed by atoms with Crippen LogP contribution in [0.4, 0.5) is 5.69 Å². The molecule has 0 spiro atoms. The number of nitrogens with two attached hydrogens (primary N) is 1. The summed E-state index contributed by atoms with van der Waals surface area (Å²) in [5.41, 5.74) is 7.36. The molecule has 5 heteroatoms. The topological polar surface area (TPSA) is 52.8 Å². The van der Waals surface area contributed by atoms with Gasteiger partial charge in [0.1, 0.15) is 0 Å². The smallest absolute Gasteiger partial charge is 0.223 e. The van der Waals surface area contributed by atoms with Crippen molar-refractivity contribution in [3.63, 3.8) is 0 Å². The molecule has 5 nitrogen and oxygen atoms in total. The second-order valence-electron chi connectivity index (χ2n) is 7.43. The fourth-order valence-electron chi connectivity index (χ4n) is 3.11. The van der Waals surface area contributed by atoms with E-state index in [4.69, 9.17) is 5.73 Å². The SMILES string of the molecule is CC(C)C(N)CCN(C)C(=O)CCN1CCN(c2ccccc2)CC1. The molecule has 2 N–H and O–H groups in total. The van der Waals surface area contributed by atoms with E-state index in [2.05, 4.69) is 54.0 Å². The molecule has 1 atom stereocenters. The Hall–Kier alpha value is -1.59. The van der Waals surface area contributed by atoms with Crippen LogP contribution in [0.15, 0.2) is 30.3 Å². The van der Waals surface area contributed by atoms with Crippen molar-refractivity contribution in [3.05, 3.63) is 30.3 Å². The average molecular weight is 347 g/mol. The molecule has 0 aromatic heterocycles. The van der Waals surface area contributed by atoms with Crippen molar-refractivity contribution in [2.45, 2.75) is 32.7 Å². The second-order valence-corrected chi connectivity index (χ2v) is 7.43. The Kier molecular flexibility index (Phi) is 7.72. The minimum Gasteiger partial charge on any atom is -0.369 e. The molecule has 0 bridgehead atoms. The Morgan fingerprint density at radius 1 is 1.16 bits per heavy atom. The van der Waals surface area contributed by atoms with Gasteiger partial charge in [0.05, 0.1) is 0 Å². The summed E-state index contributed by atoms with van der Waals surface area (Å²) in [5.74, 6) is 0.686. The van der Waals surface area contributed by atoms with Crippen LogP contribution < -0.4 is 10.6 Å². The lowest BCUT2D eigenvalue weighted by molar-refractivity contribution is -0.130. The van der Waals surface area contributed by atoms with Gasteiger partial charge >= 0.3 is 0 Å². The third-order valence-electron chi connectivity index (χ3n) is 5.22. The Morgan fingerprint density at radius 3 is 2.40 bits per heavy atom. The lowest BCUT2D eigenvalue weighted by Crippen LogP contribution is -2.47. The first-order valence-electron chi connectivity index (χ1n) is 9.49. The van der Waals surface area contributed by atoms with Gasteiger partial charge in [0.15, 0.2) is 0 Å². The van der Waals surface area contributed by atoms with Crippen LogP contribution in [-0.4, -0.2) is 68.1 Å². The molecule has 1 aromatic carbocycles. The van der Waals surface area contributed by atoms with E-state index in [0.717, 1.165) is 45.7 Å². The molecule has 1 aromatic rings. The molecule has 25 heavy (non-hydrogen) atoms. The van der Waals surface area contributed by atoms with Crippen molar-refractivity contribution in [2.24, 2.45) is 11.7 Å². The van der Waals surface area contributed by atoms with Gasteiger partial charge in [0.25, 0.3) is 0 Å². The van der Waals surface area contributed by atoms with Crippen LogP contribution in [-0.2, 0) is 4.79 Å². The molecular weight excluding hydrogens is 312 g/mol. The van der Waals surface area contributed by atoms with E-state index in [-0.39, 0.29) is 11.9 Å².